The van der Waals surface area contributed by atoms with Crippen molar-refractivity contribution in [1.29, 1.82) is 0 Å². The third-order valence-electron chi connectivity index (χ3n) is 2.11. The van der Waals surface area contributed by atoms with Crippen molar-refractivity contribution in [3.05, 3.63) is 0 Å². The van der Waals surface area contributed by atoms with E-state index in [-0.39, 0.29) is 1.43 Å². The summed E-state index contributed by atoms with van der Waals surface area (Å²) in [4.78, 5) is 0. The fourth-order valence-electron chi connectivity index (χ4n) is 1.15. The Hall–Kier alpha value is -0.0400. The van der Waals surface area contributed by atoms with Gasteiger partial charge in [0.1, 0.15) is 0 Å². The summed E-state index contributed by atoms with van der Waals surface area (Å²) >= 11 is 0. The number of rotatable bonds is 4. The van der Waals surface area contributed by atoms with Gasteiger partial charge in [0, 0.05) is 1.43 Å². The Morgan fingerprint density at radius 1 is 1.67 bits per heavy atom. The van der Waals surface area contributed by atoms with Gasteiger partial charge in [-0.15, -0.1) is 0 Å². The fraction of sp³-hybridized carbons (Fsp3) is 1.00. The van der Waals surface area contributed by atoms with Gasteiger partial charge in [0.2, 0.25) is 0 Å². The molecule has 0 bridgehead atoms. The molecular formula is C8H19N. The quantitative estimate of drug-likeness (QED) is 0.571. The summed E-state index contributed by atoms with van der Waals surface area (Å²) in [5.41, 5.74) is 0. The lowest BCUT2D eigenvalue weighted by molar-refractivity contribution is 0.606. The lowest BCUT2D eigenvalue weighted by atomic mass is 10.3. The maximum atomic E-state index is 3.43. The molecule has 1 fully saturated rings. The Morgan fingerprint density at radius 2 is 2.33 bits per heavy atom. The summed E-state index contributed by atoms with van der Waals surface area (Å²) in [6.45, 7) is 7.00. The first-order valence-electron chi connectivity index (χ1n) is 4.05. The van der Waals surface area contributed by atoms with Gasteiger partial charge in [-0.05, 0) is 37.8 Å². The van der Waals surface area contributed by atoms with E-state index in [2.05, 4.69) is 19.2 Å². The van der Waals surface area contributed by atoms with Crippen molar-refractivity contribution in [3.63, 3.8) is 0 Å². The first-order valence-corrected chi connectivity index (χ1v) is 4.05. The van der Waals surface area contributed by atoms with Gasteiger partial charge in [0.25, 0.3) is 0 Å². The summed E-state index contributed by atoms with van der Waals surface area (Å²) in [5.74, 6) is 2.02. The third kappa shape index (κ3) is 2.35. The molecule has 0 saturated heterocycles. The van der Waals surface area contributed by atoms with Crippen LogP contribution in [0.15, 0.2) is 0 Å². The van der Waals surface area contributed by atoms with Crippen LogP contribution >= 0.6 is 0 Å². The molecule has 1 nitrogen and oxygen atoms in total. The second-order valence-electron chi connectivity index (χ2n) is 3.18. The molecule has 1 rings (SSSR count). The molecule has 1 aliphatic carbocycles. The highest BCUT2D eigenvalue weighted by atomic mass is 14.9. The molecule has 0 aliphatic heterocycles. The molecule has 56 valence electrons. The van der Waals surface area contributed by atoms with Crippen LogP contribution < -0.4 is 5.32 Å². The van der Waals surface area contributed by atoms with E-state index >= 15 is 0 Å². The number of hydrogen-bond donors (Lipinski definition) is 1. The van der Waals surface area contributed by atoms with Crippen LogP contribution in [0.25, 0.3) is 0 Å². The molecule has 0 radical (unpaired) electrons. The van der Waals surface area contributed by atoms with E-state index in [9.17, 15) is 0 Å². The molecule has 0 aromatic carbocycles. The van der Waals surface area contributed by atoms with Crippen molar-refractivity contribution in [3.8, 4) is 0 Å². The van der Waals surface area contributed by atoms with Crippen LogP contribution in [0.5, 0.6) is 0 Å². The SMILES string of the molecule is CCCNCC1CC1C.[HH]. The lowest BCUT2D eigenvalue weighted by Gasteiger charge is -1.98. The van der Waals surface area contributed by atoms with Gasteiger partial charge < -0.3 is 5.32 Å². The maximum Gasteiger partial charge on any atom is 0 e. The van der Waals surface area contributed by atoms with Crippen LogP contribution in [0.1, 0.15) is 28.1 Å². The average molecular weight is 129 g/mol. The normalized spacial score (nSPS) is 32.7. The molecule has 0 spiro atoms. The molecule has 0 heterocycles. The van der Waals surface area contributed by atoms with E-state index in [1.807, 2.05) is 0 Å². The van der Waals surface area contributed by atoms with E-state index in [1.54, 1.807) is 0 Å². The van der Waals surface area contributed by atoms with E-state index in [4.69, 9.17) is 0 Å². The average Bonchev–Trinajstić information content (AvgIpc) is 2.48. The van der Waals surface area contributed by atoms with E-state index < -0.39 is 0 Å². The van der Waals surface area contributed by atoms with Crippen molar-refractivity contribution < 1.29 is 1.43 Å². The van der Waals surface area contributed by atoms with Gasteiger partial charge in [0.05, 0.1) is 0 Å². The van der Waals surface area contributed by atoms with Crippen molar-refractivity contribution >= 4 is 0 Å². The molecule has 0 aromatic rings. The molecule has 1 saturated carbocycles. The third-order valence-corrected chi connectivity index (χ3v) is 2.11. The highest BCUT2D eigenvalue weighted by molar-refractivity contribution is 4.83. The maximum absolute atomic E-state index is 3.43. The van der Waals surface area contributed by atoms with E-state index in [0.29, 0.717) is 0 Å². The van der Waals surface area contributed by atoms with Crippen LogP contribution in [0.4, 0.5) is 0 Å². The van der Waals surface area contributed by atoms with E-state index in [1.165, 1.54) is 25.9 Å². The Labute approximate surface area is 59.3 Å². The van der Waals surface area contributed by atoms with Crippen LogP contribution in [0, 0.1) is 11.8 Å². The summed E-state index contributed by atoms with van der Waals surface area (Å²) in [6, 6.07) is 0. The second kappa shape index (κ2) is 3.21. The van der Waals surface area contributed by atoms with Crippen molar-refractivity contribution in [2.75, 3.05) is 13.1 Å². The van der Waals surface area contributed by atoms with Crippen molar-refractivity contribution in [1.82, 2.24) is 5.32 Å². The van der Waals surface area contributed by atoms with Gasteiger partial charge in [-0.1, -0.05) is 13.8 Å². The standard InChI is InChI=1S/C8H17N.H2/c1-3-4-9-6-8-5-7(8)2;/h7-9H,3-6H2,1-2H3;1H. The Balaban J connectivity index is 0.000000810. The Kier molecular flexibility index (Phi) is 2.52. The highest BCUT2D eigenvalue weighted by Gasteiger charge is 2.31. The van der Waals surface area contributed by atoms with Crippen LogP contribution in [-0.4, -0.2) is 13.1 Å². The molecule has 1 heteroatoms. The smallest absolute Gasteiger partial charge is 0 e. The molecule has 0 amide bonds. The first kappa shape index (κ1) is 7.07. The summed E-state index contributed by atoms with van der Waals surface area (Å²) in [6.07, 6.45) is 2.72. The largest absolute Gasteiger partial charge is 0.316 e. The topological polar surface area (TPSA) is 12.0 Å². The van der Waals surface area contributed by atoms with Gasteiger partial charge in [-0.2, -0.15) is 0 Å². The minimum absolute atomic E-state index is 0. The van der Waals surface area contributed by atoms with Crippen LogP contribution in [0.3, 0.4) is 0 Å². The summed E-state index contributed by atoms with van der Waals surface area (Å²) < 4.78 is 0. The monoisotopic (exact) mass is 129 g/mol. The molecule has 9 heavy (non-hydrogen) atoms. The first-order chi connectivity index (χ1) is 4.34. The minimum Gasteiger partial charge on any atom is -0.316 e. The zero-order valence-corrected chi connectivity index (χ0v) is 6.48. The molecule has 1 aliphatic rings. The number of nitrogens with one attached hydrogen (secondary N) is 1. The second-order valence-corrected chi connectivity index (χ2v) is 3.18. The summed E-state index contributed by atoms with van der Waals surface area (Å²) in [5, 5.41) is 3.43. The molecule has 1 N–H and O–H groups in total. The van der Waals surface area contributed by atoms with Gasteiger partial charge in [0.15, 0.2) is 0 Å². The highest BCUT2D eigenvalue weighted by Crippen LogP contribution is 2.36. The summed E-state index contributed by atoms with van der Waals surface area (Å²) in [7, 11) is 0. The molecule has 2 atom stereocenters. The van der Waals surface area contributed by atoms with Crippen molar-refractivity contribution in [2.45, 2.75) is 26.7 Å². The molecular weight excluding hydrogens is 110 g/mol. The fourth-order valence-corrected chi connectivity index (χ4v) is 1.15. The predicted molar refractivity (Wildman–Crippen MR) is 42.5 cm³/mol. The van der Waals surface area contributed by atoms with Gasteiger partial charge >= 0.3 is 0 Å². The minimum atomic E-state index is 0. The van der Waals surface area contributed by atoms with E-state index in [0.717, 1.165) is 11.8 Å². The van der Waals surface area contributed by atoms with Gasteiger partial charge in [-0.25, -0.2) is 0 Å². The zero-order valence-electron chi connectivity index (χ0n) is 6.48. The van der Waals surface area contributed by atoms with Crippen LogP contribution in [-0.2, 0) is 0 Å². The Morgan fingerprint density at radius 3 is 2.78 bits per heavy atom. The number of hydrogen-bond acceptors (Lipinski definition) is 1. The predicted octanol–water partition coefficient (Wildman–Crippen LogP) is 1.89. The zero-order chi connectivity index (χ0) is 6.69. The van der Waals surface area contributed by atoms with Crippen molar-refractivity contribution in [2.24, 2.45) is 11.8 Å². The lowest BCUT2D eigenvalue weighted by Crippen LogP contribution is -2.17. The Bertz CT molecular complexity index is 85.3. The molecule has 0 aromatic heterocycles. The van der Waals surface area contributed by atoms with Gasteiger partial charge in [-0.3, -0.25) is 0 Å². The molecule has 2 unspecified atom stereocenters. The van der Waals surface area contributed by atoms with Crippen LogP contribution in [0.2, 0.25) is 0 Å².